The van der Waals surface area contributed by atoms with Crippen molar-refractivity contribution in [3.05, 3.63) is 65.8 Å². The van der Waals surface area contributed by atoms with Gasteiger partial charge in [0.1, 0.15) is 6.54 Å². The lowest BCUT2D eigenvalue weighted by molar-refractivity contribution is -0.113. The quantitative estimate of drug-likeness (QED) is 0.495. The van der Waals surface area contributed by atoms with Crippen LogP contribution in [0.5, 0.6) is 0 Å². The van der Waals surface area contributed by atoms with Crippen molar-refractivity contribution < 1.29 is 9.21 Å². The van der Waals surface area contributed by atoms with E-state index in [1.54, 1.807) is 30.6 Å². The largest absolute Gasteiger partial charge is 0.414 e. The average molecular weight is 400 g/mol. The summed E-state index contributed by atoms with van der Waals surface area (Å²) < 4.78 is 7.55. The molecule has 0 saturated heterocycles. The Kier molecular flexibility index (Phi) is 5.08. The van der Waals surface area contributed by atoms with Gasteiger partial charge in [0.15, 0.2) is 0 Å². The summed E-state index contributed by atoms with van der Waals surface area (Å²) in [5.74, 6) is 0.458. The normalized spacial score (nSPS) is 11.0. The Bertz CT molecular complexity index is 1080. The third-order valence-corrected chi connectivity index (χ3v) is 4.81. The van der Waals surface area contributed by atoms with E-state index in [0.717, 1.165) is 11.0 Å². The van der Waals surface area contributed by atoms with E-state index in [1.807, 2.05) is 28.8 Å². The van der Waals surface area contributed by atoms with E-state index >= 15 is 0 Å². The van der Waals surface area contributed by atoms with Gasteiger partial charge in [-0.05, 0) is 36.4 Å². The number of hydrogen-bond donors (Lipinski definition) is 1. The highest BCUT2D eigenvalue weighted by atomic mass is 35.5. The number of imidazole rings is 1. The molecule has 1 amide bonds. The second-order valence-electron chi connectivity index (χ2n) is 5.67. The molecule has 0 aliphatic rings. The monoisotopic (exact) mass is 399 g/mol. The zero-order valence-electron chi connectivity index (χ0n) is 14.0. The first-order valence-corrected chi connectivity index (χ1v) is 9.44. The van der Waals surface area contributed by atoms with Gasteiger partial charge in [-0.25, -0.2) is 4.98 Å². The van der Waals surface area contributed by atoms with Gasteiger partial charge in [-0.3, -0.25) is 4.79 Å². The first-order chi connectivity index (χ1) is 13.2. The number of rotatable bonds is 6. The minimum absolute atomic E-state index is 0.164. The second-order valence-corrected chi connectivity index (χ2v) is 7.03. The molecule has 0 radical (unpaired) electrons. The van der Waals surface area contributed by atoms with Crippen molar-refractivity contribution in [3.63, 3.8) is 0 Å². The number of nitrogens with one attached hydrogen (secondary N) is 1. The van der Waals surface area contributed by atoms with E-state index in [2.05, 4.69) is 20.5 Å². The number of thioether (sulfide) groups is 1. The molecule has 2 aromatic heterocycles. The lowest BCUT2D eigenvalue weighted by atomic mass is 10.3. The Hall–Kier alpha value is -2.84. The van der Waals surface area contributed by atoms with Gasteiger partial charge in [-0.2, -0.15) is 0 Å². The fraction of sp³-hybridized carbons (Fsp3) is 0.111. The molecule has 2 aromatic carbocycles. The van der Waals surface area contributed by atoms with Crippen molar-refractivity contribution in [1.82, 2.24) is 19.7 Å². The van der Waals surface area contributed by atoms with Crippen LogP contribution in [-0.4, -0.2) is 31.4 Å². The molecule has 0 aliphatic carbocycles. The fourth-order valence-corrected chi connectivity index (χ4v) is 3.21. The predicted molar refractivity (Wildman–Crippen MR) is 104 cm³/mol. The fourth-order valence-electron chi connectivity index (χ4n) is 2.50. The Balaban J connectivity index is 1.34. The highest BCUT2D eigenvalue weighted by molar-refractivity contribution is 7.99. The van der Waals surface area contributed by atoms with Gasteiger partial charge in [-0.15, -0.1) is 10.2 Å². The second kappa shape index (κ2) is 7.81. The van der Waals surface area contributed by atoms with Crippen LogP contribution in [0.2, 0.25) is 5.02 Å². The van der Waals surface area contributed by atoms with Crippen LogP contribution in [0.3, 0.4) is 0 Å². The maximum Gasteiger partial charge on any atom is 0.277 e. The van der Waals surface area contributed by atoms with Gasteiger partial charge in [0.25, 0.3) is 5.22 Å². The Morgan fingerprint density at radius 3 is 2.81 bits per heavy atom. The number of carbonyl (C=O) groups is 1. The number of aromatic nitrogens is 4. The van der Waals surface area contributed by atoms with Crippen LogP contribution in [0.4, 0.5) is 5.69 Å². The molecule has 0 spiro atoms. The van der Waals surface area contributed by atoms with E-state index < -0.39 is 0 Å². The van der Waals surface area contributed by atoms with E-state index in [0.29, 0.717) is 28.4 Å². The van der Waals surface area contributed by atoms with Gasteiger partial charge in [0.05, 0.1) is 23.1 Å². The molecule has 0 unspecified atom stereocenters. The zero-order chi connectivity index (χ0) is 18.6. The lowest BCUT2D eigenvalue weighted by Gasteiger charge is -2.03. The minimum atomic E-state index is -0.164. The Morgan fingerprint density at radius 1 is 1.15 bits per heavy atom. The van der Waals surface area contributed by atoms with Crippen molar-refractivity contribution >= 4 is 46.0 Å². The number of benzene rings is 2. The molecule has 136 valence electrons. The van der Waals surface area contributed by atoms with Crippen molar-refractivity contribution in [3.8, 4) is 0 Å². The van der Waals surface area contributed by atoms with Gasteiger partial charge in [0, 0.05) is 10.7 Å². The molecule has 0 saturated carbocycles. The zero-order valence-corrected chi connectivity index (χ0v) is 15.6. The third-order valence-electron chi connectivity index (χ3n) is 3.74. The average Bonchev–Trinajstić information content (AvgIpc) is 3.30. The molecule has 9 heteroatoms. The van der Waals surface area contributed by atoms with Crippen LogP contribution in [0, 0.1) is 0 Å². The molecule has 0 atom stereocenters. The van der Waals surface area contributed by atoms with Crippen LogP contribution < -0.4 is 5.32 Å². The summed E-state index contributed by atoms with van der Waals surface area (Å²) in [6.07, 6.45) is 1.74. The maximum absolute atomic E-state index is 12.0. The van der Waals surface area contributed by atoms with Gasteiger partial charge < -0.3 is 14.3 Å². The van der Waals surface area contributed by atoms with Crippen LogP contribution >= 0.6 is 23.4 Å². The molecule has 0 bridgehead atoms. The molecular formula is C18H14ClN5O2S. The van der Waals surface area contributed by atoms with E-state index in [9.17, 15) is 4.79 Å². The lowest BCUT2D eigenvalue weighted by Crippen LogP contribution is -2.13. The Labute approximate surface area is 163 Å². The van der Waals surface area contributed by atoms with Crippen LogP contribution in [0.25, 0.3) is 11.0 Å². The maximum atomic E-state index is 12.0. The molecule has 4 rings (SSSR count). The first-order valence-electron chi connectivity index (χ1n) is 8.08. The summed E-state index contributed by atoms with van der Waals surface area (Å²) in [5.41, 5.74) is 2.58. The summed E-state index contributed by atoms with van der Waals surface area (Å²) in [6.45, 7) is 0.422. The number of nitrogens with zero attached hydrogens (tertiary/aromatic N) is 4. The number of hydrogen-bond acceptors (Lipinski definition) is 6. The highest BCUT2D eigenvalue weighted by Crippen LogP contribution is 2.19. The number of carbonyl (C=O) groups excluding carboxylic acids is 1. The van der Waals surface area contributed by atoms with Crippen molar-refractivity contribution in [2.24, 2.45) is 0 Å². The van der Waals surface area contributed by atoms with Crippen LogP contribution in [0.1, 0.15) is 5.89 Å². The molecule has 7 nitrogen and oxygen atoms in total. The Morgan fingerprint density at radius 2 is 1.96 bits per heavy atom. The van der Waals surface area contributed by atoms with Gasteiger partial charge >= 0.3 is 0 Å². The molecule has 2 heterocycles. The van der Waals surface area contributed by atoms with E-state index in [4.69, 9.17) is 16.0 Å². The molecule has 0 fully saturated rings. The molecule has 4 aromatic rings. The summed E-state index contributed by atoms with van der Waals surface area (Å²) in [6, 6.07) is 14.7. The summed E-state index contributed by atoms with van der Waals surface area (Å²) in [7, 11) is 0. The number of amides is 1. The summed E-state index contributed by atoms with van der Waals surface area (Å²) in [4.78, 5) is 16.3. The van der Waals surface area contributed by atoms with Crippen LogP contribution in [-0.2, 0) is 11.3 Å². The number of para-hydroxylation sites is 2. The SMILES string of the molecule is O=C(CSc1nnc(Cn2cnc3ccccc32)o1)Nc1ccc(Cl)cc1. The van der Waals surface area contributed by atoms with Gasteiger partial charge in [0.2, 0.25) is 11.8 Å². The predicted octanol–water partition coefficient (Wildman–Crippen LogP) is 3.85. The summed E-state index contributed by atoms with van der Waals surface area (Å²) >= 11 is 7.01. The number of halogens is 1. The molecule has 1 N–H and O–H groups in total. The first kappa shape index (κ1) is 17.6. The number of anilines is 1. The van der Waals surface area contributed by atoms with Crippen molar-refractivity contribution in [2.45, 2.75) is 11.8 Å². The highest BCUT2D eigenvalue weighted by Gasteiger charge is 2.11. The molecular weight excluding hydrogens is 386 g/mol. The standard InChI is InChI=1S/C18H14ClN5O2S/c19-12-5-7-13(8-6-12)21-16(25)10-27-18-23-22-17(26-18)9-24-11-20-14-3-1-2-4-15(14)24/h1-8,11H,9-10H2,(H,21,25). The molecule has 0 aliphatic heterocycles. The van der Waals surface area contributed by atoms with Crippen LogP contribution in [0.15, 0.2) is 64.5 Å². The van der Waals surface area contributed by atoms with Crippen molar-refractivity contribution in [2.75, 3.05) is 11.1 Å². The molecule has 27 heavy (non-hydrogen) atoms. The topological polar surface area (TPSA) is 85.8 Å². The smallest absolute Gasteiger partial charge is 0.277 e. The van der Waals surface area contributed by atoms with E-state index in [-0.39, 0.29) is 11.7 Å². The van der Waals surface area contributed by atoms with Crippen molar-refractivity contribution in [1.29, 1.82) is 0 Å². The number of fused-ring (bicyclic) bond motifs is 1. The summed E-state index contributed by atoms with van der Waals surface area (Å²) in [5, 5.41) is 11.8. The third kappa shape index (κ3) is 4.29. The van der Waals surface area contributed by atoms with Gasteiger partial charge in [-0.1, -0.05) is 35.5 Å². The van der Waals surface area contributed by atoms with E-state index in [1.165, 1.54) is 11.8 Å². The minimum Gasteiger partial charge on any atom is -0.414 e.